The molecule has 0 atom stereocenters. The van der Waals surface area contributed by atoms with E-state index in [1.54, 1.807) is 14.2 Å². The Morgan fingerprint density at radius 2 is 1.50 bits per heavy atom. The topological polar surface area (TPSA) is 35.5 Å². The lowest BCUT2D eigenvalue weighted by atomic mass is 10.0. The second-order valence-corrected chi connectivity index (χ2v) is 4.42. The average molecular weight is 270 g/mol. The lowest BCUT2D eigenvalue weighted by molar-refractivity contribution is 0.0988. The van der Waals surface area contributed by atoms with Gasteiger partial charge in [0, 0.05) is 12.0 Å². The van der Waals surface area contributed by atoms with Gasteiger partial charge in [-0.15, -0.1) is 0 Å². The van der Waals surface area contributed by atoms with Gasteiger partial charge in [-0.1, -0.05) is 37.3 Å². The van der Waals surface area contributed by atoms with Gasteiger partial charge in [-0.3, -0.25) is 4.79 Å². The molecule has 0 aliphatic heterocycles. The normalized spacial score (nSPS) is 10.2. The Labute approximate surface area is 119 Å². The number of carbonyl (C=O) groups excluding carboxylic acids is 1. The van der Waals surface area contributed by atoms with Gasteiger partial charge < -0.3 is 9.47 Å². The van der Waals surface area contributed by atoms with E-state index in [0.717, 1.165) is 16.7 Å². The van der Waals surface area contributed by atoms with Crippen molar-refractivity contribution in [2.45, 2.75) is 13.3 Å². The maximum atomic E-state index is 11.6. The number of hydrogen-bond acceptors (Lipinski definition) is 3. The summed E-state index contributed by atoms with van der Waals surface area (Å²) in [6.45, 7) is 1.87. The third-order valence-corrected chi connectivity index (χ3v) is 3.24. The van der Waals surface area contributed by atoms with Crippen molar-refractivity contribution in [3.05, 3.63) is 48.0 Å². The molecule has 104 valence electrons. The molecule has 2 aromatic carbocycles. The van der Waals surface area contributed by atoms with Crippen molar-refractivity contribution in [2.24, 2.45) is 0 Å². The SMILES string of the molecule is CCC(=O)c1ccc(-c2ccc(OC)c(OC)c2)cc1. The molecule has 0 saturated heterocycles. The second kappa shape index (κ2) is 6.24. The third kappa shape index (κ3) is 2.82. The molecule has 0 aliphatic carbocycles. The molecule has 0 saturated carbocycles. The molecule has 3 heteroatoms. The van der Waals surface area contributed by atoms with Crippen molar-refractivity contribution in [3.8, 4) is 22.6 Å². The van der Waals surface area contributed by atoms with Crippen LogP contribution in [0.5, 0.6) is 11.5 Å². The Morgan fingerprint density at radius 3 is 2.05 bits per heavy atom. The minimum atomic E-state index is 0.156. The first-order chi connectivity index (χ1) is 9.69. The summed E-state index contributed by atoms with van der Waals surface area (Å²) >= 11 is 0. The van der Waals surface area contributed by atoms with Gasteiger partial charge in [-0.05, 0) is 23.3 Å². The van der Waals surface area contributed by atoms with E-state index in [-0.39, 0.29) is 5.78 Å². The lowest BCUT2D eigenvalue weighted by Crippen LogP contribution is -1.95. The summed E-state index contributed by atoms with van der Waals surface area (Å²) in [5.74, 6) is 1.55. The van der Waals surface area contributed by atoms with Gasteiger partial charge in [-0.25, -0.2) is 0 Å². The number of ether oxygens (including phenoxy) is 2. The number of rotatable bonds is 5. The largest absolute Gasteiger partial charge is 0.493 e. The van der Waals surface area contributed by atoms with Crippen LogP contribution in [0, 0.1) is 0 Å². The minimum absolute atomic E-state index is 0.156. The molecule has 2 aromatic rings. The molecule has 0 heterocycles. The smallest absolute Gasteiger partial charge is 0.162 e. The molecule has 2 rings (SSSR count). The van der Waals surface area contributed by atoms with Crippen LogP contribution >= 0.6 is 0 Å². The molecule has 0 radical (unpaired) electrons. The van der Waals surface area contributed by atoms with Crippen LogP contribution < -0.4 is 9.47 Å². The summed E-state index contributed by atoms with van der Waals surface area (Å²) in [6.07, 6.45) is 0.524. The van der Waals surface area contributed by atoms with Crippen LogP contribution in [0.1, 0.15) is 23.7 Å². The van der Waals surface area contributed by atoms with Crippen molar-refractivity contribution >= 4 is 5.78 Å². The van der Waals surface area contributed by atoms with Crippen LogP contribution in [0.15, 0.2) is 42.5 Å². The zero-order chi connectivity index (χ0) is 14.5. The maximum Gasteiger partial charge on any atom is 0.162 e. The summed E-state index contributed by atoms with van der Waals surface area (Å²) in [5, 5.41) is 0. The van der Waals surface area contributed by atoms with Crippen LogP contribution in [-0.2, 0) is 0 Å². The molecular formula is C17H18O3. The van der Waals surface area contributed by atoms with Crippen molar-refractivity contribution in [1.29, 1.82) is 0 Å². The van der Waals surface area contributed by atoms with Crippen molar-refractivity contribution in [3.63, 3.8) is 0 Å². The predicted molar refractivity (Wildman–Crippen MR) is 79.6 cm³/mol. The molecule has 0 amide bonds. The molecule has 3 nitrogen and oxygen atoms in total. The van der Waals surface area contributed by atoms with E-state index in [9.17, 15) is 4.79 Å². The molecule has 0 spiro atoms. The van der Waals surface area contributed by atoms with Crippen LogP contribution in [0.2, 0.25) is 0 Å². The summed E-state index contributed by atoms with van der Waals surface area (Å²) in [5.41, 5.74) is 2.81. The standard InChI is InChI=1S/C17H18O3/c1-4-15(18)13-7-5-12(6-8-13)14-9-10-16(19-2)17(11-14)20-3/h5-11H,4H2,1-3H3. The number of benzene rings is 2. The lowest BCUT2D eigenvalue weighted by Gasteiger charge is -2.10. The van der Waals surface area contributed by atoms with Crippen molar-refractivity contribution < 1.29 is 14.3 Å². The van der Waals surface area contributed by atoms with Gasteiger partial charge in [0.15, 0.2) is 17.3 Å². The monoisotopic (exact) mass is 270 g/mol. The first-order valence-electron chi connectivity index (χ1n) is 6.55. The number of carbonyl (C=O) groups is 1. The van der Waals surface area contributed by atoms with E-state index >= 15 is 0 Å². The highest BCUT2D eigenvalue weighted by atomic mass is 16.5. The number of ketones is 1. The van der Waals surface area contributed by atoms with Gasteiger partial charge in [0.25, 0.3) is 0 Å². The Bertz CT molecular complexity index is 600. The fourth-order valence-corrected chi connectivity index (χ4v) is 2.07. The highest BCUT2D eigenvalue weighted by Crippen LogP contribution is 2.32. The Hall–Kier alpha value is -2.29. The fourth-order valence-electron chi connectivity index (χ4n) is 2.07. The van der Waals surface area contributed by atoms with Crippen molar-refractivity contribution in [1.82, 2.24) is 0 Å². The Morgan fingerprint density at radius 1 is 0.900 bits per heavy atom. The van der Waals surface area contributed by atoms with Gasteiger partial charge in [0.2, 0.25) is 0 Å². The molecule has 0 bridgehead atoms. The molecule has 20 heavy (non-hydrogen) atoms. The molecule has 0 aliphatic rings. The summed E-state index contributed by atoms with van der Waals surface area (Å²) in [4.78, 5) is 11.6. The van der Waals surface area contributed by atoms with Crippen molar-refractivity contribution in [2.75, 3.05) is 14.2 Å². The fraction of sp³-hybridized carbons (Fsp3) is 0.235. The van der Waals surface area contributed by atoms with Crippen LogP contribution in [0.25, 0.3) is 11.1 Å². The van der Waals surface area contributed by atoms with E-state index in [2.05, 4.69) is 0 Å². The zero-order valence-electron chi connectivity index (χ0n) is 12.0. The maximum absolute atomic E-state index is 11.6. The average Bonchev–Trinajstić information content (AvgIpc) is 2.53. The first kappa shape index (κ1) is 14.1. The number of methoxy groups -OCH3 is 2. The highest BCUT2D eigenvalue weighted by Gasteiger charge is 2.07. The molecule has 0 fully saturated rings. The third-order valence-electron chi connectivity index (χ3n) is 3.24. The highest BCUT2D eigenvalue weighted by molar-refractivity contribution is 5.96. The predicted octanol–water partition coefficient (Wildman–Crippen LogP) is 3.96. The minimum Gasteiger partial charge on any atom is -0.493 e. The van der Waals surface area contributed by atoms with Gasteiger partial charge in [0.1, 0.15) is 0 Å². The Kier molecular flexibility index (Phi) is 4.41. The Balaban J connectivity index is 2.34. The van der Waals surface area contributed by atoms with Crippen LogP contribution in [0.4, 0.5) is 0 Å². The van der Waals surface area contributed by atoms with Gasteiger partial charge in [0.05, 0.1) is 14.2 Å². The van der Waals surface area contributed by atoms with Crippen LogP contribution in [0.3, 0.4) is 0 Å². The quantitative estimate of drug-likeness (QED) is 0.771. The second-order valence-electron chi connectivity index (χ2n) is 4.42. The summed E-state index contributed by atoms with van der Waals surface area (Å²) < 4.78 is 10.5. The first-order valence-corrected chi connectivity index (χ1v) is 6.55. The number of Topliss-reactive ketones (excluding diaryl/α,β-unsaturated/α-hetero) is 1. The molecule has 0 unspecified atom stereocenters. The van der Waals surface area contributed by atoms with Gasteiger partial charge >= 0.3 is 0 Å². The molecule has 0 aromatic heterocycles. The van der Waals surface area contributed by atoms with E-state index in [1.165, 1.54) is 0 Å². The molecular weight excluding hydrogens is 252 g/mol. The van der Waals surface area contributed by atoms with E-state index in [4.69, 9.17) is 9.47 Å². The summed E-state index contributed by atoms with van der Waals surface area (Å²) in [6, 6.07) is 13.4. The van der Waals surface area contributed by atoms with E-state index < -0.39 is 0 Å². The zero-order valence-corrected chi connectivity index (χ0v) is 12.0. The molecule has 0 N–H and O–H groups in total. The number of hydrogen-bond donors (Lipinski definition) is 0. The van der Waals surface area contributed by atoms with E-state index in [1.807, 2.05) is 49.4 Å². The van der Waals surface area contributed by atoms with Crippen LogP contribution in [-0.4, -0.2) is 20.0 Å². The summed E-state index contributed by atoms with van der Waals surface area (Å²) in [7, 11) is 3.23. The van der Waals surface area contributed by atoms with Gasteiger partial charge in [-0.2, -0.15) is 0 Å². The van der Waals surface area contributed by atoms with E-state index in [0.29, 0.717) is 17.9 Å².